The van der Waals surface area contributed by atoms with Gasteiger partial charge in [-0.3, -0.25) is 0 Å². The first kappa shape index (κ1) is 16.5. The fourth-order valence-corrected chi connectivity index (χ4v) is 2.22. The summed E-state index contributed by atoms with van der Waals surface area (Å²) < 4.78 is 9.89. The van der Waals surface area contributed by atoms with Gasteiger partial charge in [0.25, 0.3) is 0 Å². The highest BCUT2D eigenvalue weighted by Crippen LogP contribution is 2.28. The largest absolute Gasteiger partial charge is 0.462 e. The van der Waals surface area contributed by atoms with Crippen LogP contribution in [0.4, 0.5) is 0 Å². The molecule has 0 saturated carbocycles. The summed E-state index contributed by atoms with van der Waals surface area (Å²) in [4.78, 5) is 28.2. The third-order valence-corrected chi connectivity index (χ3v) is 3.54. The fourth-order valence-electron chi connectivity index (χ4n) is 1.89. The quantitative estimate of drug-likeness (QED) is 0.789. The van der Waals surface area contributed by atoms with Gasteiger partial charge in [0.2, 0.25) is 0 Å². The van der Waals surface area contributed by atoms with Crippen molar-refractivity contribution in [3.8, 4) is 0 Å². The van der Waals surface area contributed by atoms with Crippen molar-refractivity contribution in [3.63, 3.8) is 0 Å². The number of halogens is 2. The van der Waals surface area contributed by atoms with E-state index in [1.807, 2.05) is 0 Å². The summed E-state index contributed by atoms with van der Waals surface area (Å²) in [5, 5.41) is 1.21. The van der Waals surface area contributed by atoms with E-state index in [1.165, 1.54) is 12.1 Å². The number of fused-ring (bicyclic) bond motifs is 1. The van der Waals surface area contributed by atoms with Gasteiger partial charge < -0.3 is 9.47 Å². The molecule has 0 aliphatic carbocycles. The van der Waals surface area contributed by atoms with Gasteiger partial charge in [-0.2, -0.15) is 0 Å². The van der Waals surface area contributed by atoms with E-state index in [0.717, 1.165) is 0 Å². The Labute approximate surface area is 137 Å². The summed E-state index contributed by atoms with van der Waals surface area (Å²) in [7, 11) is 0. The molecule has 1 aromatic heterocycles. The summed E-state index contributed by atoms with van der Waals surface area (Å²) in [6.45, 7) is 3.69. The topological polar surface area (TPSA) is 65.5 Å². The molecule has 0 aliphatic rings. The third-order valence-electron chi connectivity index (χ3n) is 2.82. The third kappa shape index (κ3) is 3.31. The van der Waals surface area contributed by atoms with Crippen LogP contribution in [-0.2, 0) is 9.47 Å². The molecule has 2 aromatic rings. The fraction of sp³-hybridized carbons (Fsp3) is 0.267. The maximum absolute atomic E-state index is 12.0. The van der Waals surface area contributed by atoms with Crippen LogP contribution in [0.25, 0.3) is 10.9 Å². The number of carbonyl (C=O) groups is 2. The highest BCUT2D eigenvalue weighted by atomic mass is 35.5. The Morgan fingerprint density at radius 1 is 1.00 bits per heavy atom. The molecule has 0 bridgehead atoms. The predicted molar refractivity (Wildman–Crippen MR) is 83.7 cm³/mol. The van der Waals surface area contributed by atoms with Crippen LogP contribution in [0.5, 0.6) is 0 Å². The summed E-state index contributed by atoms with van der Waals surface area (Å²) in [6.07, 6.45) is 0. The highest BCUT2D eigenvalue weighted by Gasteiger charge is 2.22. The molecule has 116 valence electrons. The molecule has 1 heterocycles. The molecule has 0 unspecified atom stereocenters. The zero-order valence-electron chi connectivity index (χ0n) is 12.0. The Kier molecular flexibility index (Phi) is 5.21. The lowest BCUT2D eigenvalue weighted by atomic mass is 10.1. The van der Waals surface area contributed by atoms with Crippen LogP contribution in [0.3, 0.4) is 0 Å². The van der Waals surface area contributed by atoms with Crippen LogP contribution in [0.15, 0.2) is 18.2 Å². The number of nitrogens with zero attached hydrogens (tertiary/aromatic N) is 1. The lowest BCUT2D eigenvalue weighted by Gasteiger charge is -2.10. The van der Waals surface area contributed by atoms with Crippen molar-refractivity contribution in [3.05, 3.63) is 39.5 Å². The van der Waals surface area contributed by atoms with Gasteiger partial charge in [-0.05, 0) is 32.0 Å². The van der Waals surface area contributed by atoms with Gasteiger partial charge in [0.05, 0.1) is 34.3 Å². The van der Waals surface area contributed by atoms with E-state index < -0.39 is 11.9 Å². The van der Waals surface area contributed by atoms with Crippen LogP contribution in [0.2, 0.25) is 10.0 Å². The zero-order chi connectivity index (χ0) is 16.3. The van der Waals surface area contributed by atoms with Gasteiger partial charge in [0.15, 0.2) is 5.69 Å². The Morgan fingerprint density at radius 2 is 1.59 bits per heavy atom. The minimum Gasteiger partial charge on any atom is -0.462 e. The summed E-state index contributed by atoms with van der Waals surface area (Å²) in [6, 6.07) is 4.59. The summed E-state index contributed by atoms with van der Waals surface area (Å²) >= 11 is 11.9. The average Bonchev–Trinajstić information content (AvgIpc) is 2.48. The standard InChI is InChI=1S/C15H13Cl2NO4/c1-3-21-14(19)9-5-8-6-10(16)11(17)7-12(8)18-13(9)15(20)22-4-2/h5-7H,3-4H2,1-2H3. The molecule has 0 saturated heterocycles. The minimum atomic E-state index is -0.696. The molecule has 0 aliphatic heterocycles. The Balaban J connectivity index is 2.66. The number of benzene rings is 1. The van der Waals surface area contributed by atoms with E-state index in [0.29, 0.717) is 20.9 Å². The number of esters is 2. The van der Waals surface area contributed by atoms with Crippen molar-refractivity contribution in [2.45, 2.75) is 13.8 Å². The van der Waals surface area contributed by atoms with Crippen molar-refractivity contribution in [1.82, 2.24) is 4.98 Å². The lowest BCUT2D eigenvalue weighted by molar-refractivity contribution is 0.0474. The Morgan fingerprint density at radius 3 is 2.23 bits per heavy atom. The van der Waals surface area contributed by atoms with Gasteiger partial charge >= 0.3 is 11.9 Å². The van der Waals surface area contributed by atoms with Crippen molar-refractivity contribution in [2.75, 3.05) is 13.2 Å². The molecule has 0 N–H and O–H groups in total. The Hall–Kier alpha value is -1.85. The molecule has 2 rings (SSSR count). The Bertz CT molecular complexity index is 683. The molecule has 0 amide bonds. The highest BCUT2D eigenvalue weighted by molar-refractivity contribution is 6.42. The zero-order valence-corrected chi connectivity index (χ0v) is 13.5. The number of ether oxygens (including phenoxy) is 2. The van der Waals surface area contributed by atoms with Gasteiger partial charge in [-0.1, -0.05) is 23.2 Å². The average molecular weight is 342 g/mol. The maximum Gasteiger partial charge on any atom is 0.357 e. The van der Waals surface area contributed by atoms with Crippen LogP contribution in [0, 0.1) is 0 Å². The molecule has 22 heavy (non-hydrogen) atoms. The van der Waals surface area contributed by atoms with Crippen LogP contribution in [-0.4, -0.2) is 30.1 Å². The van der Waals surface area contributed by atoms with E-state index in [9.17, 15) is 9.59 Å². The first-order valence-electron chi connectivity index (χ1n) is 6.62. The van der Waals surface area contributed by atoms with E-state index in [-0.39, 0.29) is 24.5 Å². The van der Waals surface area contributed by atoms with Crippen LogP contribution >= 0.6 is 23.2 Å². The second-order valence-electron chi connectivity index (χ2n) is 4.28. The number of pyridine rings is 1. The number of hydrogen-bond donors (Lipinski definition) is 0. The number of aromatic nitrogens is 1. The van der Waals surface area contributed by atoms with Crippen molar-refractivity contribution in [2.24, 2.45) is 0 Å². The van der Waals surface area contributed by atoms with Gasteiger partial charge in [-0.15, -0.1) is 0 Å². The number of rotatable bonds is 4. The summed E-state index contributed by atoms with van der Waals surface area (Å²) in [5.74, 6) is -1.34. The molecule has 0 fully saturated rings. The van der Waals surface area contributed by atoms with Crippen molar-refractivity contribution < 1.29 is 19.1 Å². The van der Waals surface area contributed by atoms with Crippen molar-refractivity contribution >= 4 is 46.0 Å². The molecular formula is C15H13Cl2NO4. The number of carbonyl (C=O) groups excluding carboxylic acids is 2. The first-order chi connectivity index (χ1) is 10.5. The van der Waals surface area contributed by atoms with Gasteiger partial charge in [-0.25, -0.2) is 14.6 Å². The minimum absolute atomic E-state index is 0.0335. The van der Waals surface area contributed by atoms with E-state index in [1.54, 1.807) is 19.9 Å². The smallest absolute Gasteiger partial charge is 0.357 e. The van der Waals surface area contributed by atoms with Crippen LogP contribution in [0.1, 0.15) is 34.7 Å². The molecule has 0 spiro atoms. The van der Waals surface area contributed by atoms with Gasteiger partial charge in [0.1, 0.15) is 0 Å². The first-order valence-corrected chi connectivity index (χ1v) is 7.37. The van der Waals surface area contributed by atoms with Gasteiger partial charge in [0, 0.05) is 5.39 Å². The molecule has 0 atom stereocenters. The van der Waals surface area contributed by atoms with Crippen molar-refractivity contribution in [1.29, 1.82) is 0 Å². The second kappa shape index (κ2) is 6.94. The number of hydrogen-bond acceptors (Lipinski definition) is 5. The normalized spacial score (nSPS) is 10.5. The van der Waals surface area contributed by atoms with E-state index in [2.05, 4.69) is 4.98 Å². The predicted octanol–water partition coefficient (Wildman–Crippen LogP) is 3.90. The molecular weight excluding hydrogens is 329 g/mol. The van der Waals surface area contributed by atoms with E-state index >= 15 is 0 Å². The van der Waals surface area contributed by atoms with E-state index in [4.69, 9.17) is 32.7 Å². The van der Waals surface area contributed by atoms with Crippen LogP contribution < -0.4 is 0 Å². The lowest BCUT2D eigenvalue weighted by Crippen LogP contribution is -2.16. The SMILES string of the molecule is CCOC(=O)c1cc2cc(Cl)c(Cl)cc2nc1C(=O)OCC. The molecule has 0 radical (unpaired) electrons. The second-order valence-corrected chi connectivity index (χ2v) is 5.10. The molecule has 1 aromatic carbocycles. The molecule has 7 heteroatoms. The molecule has 5 nitrogen and oxygen atoms in total. The summed E-state index contributed by atoms with van der Waals surface area (Å²) in [5.41, 5.74) is 0.364. The monoisotopic (exact) mass is 341 g/mol. The maximum atomic E-state index is 12.0.